The van der Waals surface area contributed by atoms with Crippen LogP contribution in [0.4, 0.5) is 0 Å². The van der Waals surface area contributed by atoms with E-state index in [-0.39, 0.29) is 11.5 Å². The summed E-state index contributed by atoms with van der Waals surface area (Å²) in [5.74, 6) is 3.25. The van der Waals surface area contributed by atoms with Gasteiger partial charge in [0.1, 0.15) is 0 Å². The van der Waals surface area contributed by atoms with Crippen molar-refractivity contribution in [2.75, 3.05) is 0 Å². The Balaban J connectivity index is 1.61. The van der Waals surface area contributed by atoms with Crippen LogP contribution in [0.1, 0.15) is 120 Å². The highest BCUT2D eigenvalue weighted by Crippen LogP contribution is 2.76. The molecule has 31 heavy (non-hydrogen) atoms. The Labute approximate surface area is 192 Å². The van der Waals surface area contributed by atoms with Gasteiger partial charge in [-0.3, -0.25) is 0 Å². The predicted molar refractivity (Wildman–Crippen MR) is 131 cm³/mol. The first-order valence-electron chi connectivity index (χ1n) is 13.7. The summed E-state index contributed by atoms with van der Waals surface area (Å²) in [4.78, 5) is 0. The predicted octanol–water partition coefficient (Wildman–Crippen LogP) is 8.17. The van der Waals surface area contributed by atoms with Crippen molar-refractivity contribution in [1.82, 2.24) is 0 Å². The smallest absolute Gasteiger partial charge is 0.0594 e. The van der Waals surface area contributed by atoms with Crippen LogP contribution in [0.5, 0.6) is 0 Å². The largest absolute Gasteiger partial charge is 0.393 e. The average molecular weight is 427 g/mol. The van der Waals surface area contributed by atoms with Crippen molar-refractivity contribution in [2.45, 2.75) is 126 Å². The molecule has 5 aliphatic rings. The summed E-state index contributed by atoms with van der Waals surface area (Å²) in [6.45, 7) is 20.4. The molecular formula is C30H50O. The van der Waals surface area contributed by atoms with Gasteiger partial charge < -0.3 is 5.11 Å². The van der Waals surface area contributed by atoms with E-state index in [1.165, 1.54) is 57.8 Å². The van der Waals surface area contributed by atoms with Crippen molar-refractivity contribution >= 4 is 0 Å². The average Bonchev–Trinajstić information content (AvgIpc) is 3.06. The lowest BCUT2D eigenvalue weighted by molar-refractivity contribution is -0.130. The second-order valence-corrected chi connectivity index (χ2v) is 14.7. The quantitative estimate of drug-likeness (QED) is 0.419. The fraction of sp³-hybridized carbons (Fsp3) is 0.933. The molecule has 0 aromatic rings. The molecule has 0 aromatic carbocycles. The lowest BCUT2D eigenvalue weighted by Gasteiger charge is -2.67. The number of hydrogen-bond acceptors (Lipinski definition) is 1. The Morgan fingerprint density at radius 3 is 2.16 bits per heavy atom. The van der Waals surface area contributed by atoms with Crippen LogP contribution in [0.25, 0.3) is 0 Å². The number of fused-ring (bicyclic) bond motifs is 6. The SMILES string of the molecule is CC(C)[C@H]1CC[C@]2(C)CC[C@]3(C)C4=C(CC[C@@]3(C)[C@H]12)[C@@]1(C)CC[C@H](O)C(C)(C)[C@@H]1CC4. The zero-order chi connectivity index (χ0) is 22.6. The van der Waals surface area contributed by atoms with Crippen LogP contribution in [-0.2, 0) is 0 Å². The minimum absolute atomic E-state index is 0.0481. The zero-order valence-electron chi connectivity index (χ0n) is 21.9. The maximum absolute atomic E-state index is 10.9. The van der Waals surface area contributed by atoms with E-state index in [0.29, 0.717) is 27.6 Å². The topological polar surface area (TPSA) is 20.2 Å². The summed E-state index contributed by atoms with van der Waals surface area (Å²) in [6.07, 6.45) is 13.2. The van der Waals surface area contributed by atoms with E-state index in [1.54, 1.807) is 0 Å². The third-order valence-corrected chi connectivity index (χ3v) is 13.0. The maximum Gasteiger partial charge on any atom is 0.0594 e. The Kier molecular flexibility index (Phi) is 4.82. The molecule has 5 rings (SSSR count). The summed E-state index contributed by atoms with van der Waals surface area (Å²) in [6, 6.07) is 0. The van der Waals surface area contributed by atoms with Gasteiger partial charge in [0.15, 0.2) is 0 Å². The van der Waals surface area contributed by atoms with Crippen molar-refractivity contribution in [3.05, 3.63) is 11.1 Å². The lowest BCUT2D eigenvalue weighted by Crippen LogP contribution is -2.59. The first-order valence-corrected chi connectivity index (χ1v) is 13.7. The van der Waals surface area contributed by atoms with Crippen LogP contribution in [0.15, 0.2) is 11.1 Å². The molecule has 0 amide bonds. The highest BCUT2D eigenvalue weighted by molar-refractivity contribution is 5.39. The standard InChI is InChI=1S/C30H50O/c1-19(2)20-11-14-27(5)17-18-29(7)22-9-10-23-26(3,4)24(31)13-15-28(23,6)21(22)12-16-30(29,8)25(20)27/h19-20,23-25,31H,9-18H2,1-8H3/t20-,23+,24+,25-,27-,28-,29-,30+/m1/s1. The summed E-state index contributed by atoms with van der Waals surface area (Å²) in [5.41, 5.74) is 5.54. The van der Waals surface area contributed by atoms with Crippen molar-refractivity contribution in [2.24, 2.45) is 50.7 Å². The highest BCUT2D eigenvalue weighted by atomic mass is 16.3. The third kappa shape index (κ3) is 2.65. The maximum atomic E-state index is 10.9. The summed E-state index contributed by atoms with van der Waals surface area (Å²) in [5, 5.41) is 10.9. The molecule has 1 heteroatoms. The summed E-state index contributed by atoms with van der Waals surface area (Å²) < 4.78 is 0. The van der Waals surface area contributed by atoms with E-state index in [9.17, 15) is 5.11 Å². The molecule has 0 unspecified atom stereocenters. The number of rotatable bonds is 1. The van der Waals surface area contributed by atoms with Gasteiger partial charge in [0.2, 0.25) is 0 Å². The van der Waals surface area contributed by atoms with Gasteiger partial charge in [-0.25, -0.2) is 0 Å². The van der Waals surface area contributed by atoms with Gasteiger partial charge in [0.05, 0.1) is 6.10 Å². The molecule has 176 valence electrons. The van der Waals surface area contributed by atoms with Gasteiger partial charge in [-0.1, -0.05) is 66.5 Å². The number of allylic oxidation sites excluding steroid dienone is 2. The van der Waals surface area contributed by atoms with Gasteiger partial charge in [0.25, 0.3) is 0 Å². The number of hydrogen-bond donors (Lipinski definition) is 1. The Hall–Kier alpha value is -0.300. The van der Waals surface area contributed by atoms with Crippen molar-refractivity contribution in [3.63, 3.8) is 0 Å². The van der Waals surface area contributed by atoms with Crippen LogP contribution < -0.4 is 0 Å². The molecule has 0 aromatic heterocycles. The molecule has 0 spiro atoms. The van der Waals surface area contributed by atoms with Crippen LogP contribution in [0.2, 0.25) is 0 Å². The van der Waals surface area contributed by atoms with E-state index in [0.717, 1.165) is 24.2 Å². The monoisotopic (exact) mass is 426 g/mol. The second kappa shape index (κ2) is 6.64. The third-order valence-electron chi connectivity index (χ3n) is 13.0. The van der Waals surface area contributed by atoms with E-state index in [4.69, 9.17) is 0 Å². The first-order chi connectivity index (χ1) is 14.3. The van der Waals surface area contributed by atoms with Gasteiger partial charge in [-0.05, 0) is 115 Å². The molecule has 8 atom stereocenters. The second-order valence-electron chi connectivity index (χ2n) is 14.7. The van der Waals surface area contributed by atoms with Crippen LogP contribution in [0.3, 0.4) is 0 Å². The van der Waals surface area contributed by atoms with Gasteiger partial charge in [-0.15, -0.1) is 0 Å². The highest BCUT2D eigenvalue weighted by Gasteiger charge is 2.67. The van der Waals surface area contributed by atoms with Gasteiger partial charge in [-0.2, -0.15) is 0 Å². The molecule has 0 bridgehead atoms. The van der Waals surface area contributed by atoms with Gasteiger partial charge in [0, 0.05) is 0 Å². The fourth-order valence-electron chi connectivity index (χ4n) is 11.0. The van der Waals surface area contributed by atoms with Crippen molar-refractivity contribution < 1.29 is 5.11 Å². The first kappa shape index (κ1) is 22.5. The van der Waals surface area contributed by atoms with E-state index < -0.39 is 0 Å². The van der Waals surface area contributed by atoms with Crippen LogP contribution >= 0.6 is 0 Å². The molecule has 0 aliphatic heterocycles. The lowest BCUT2D eigenvalue weighted by atomic mass is 9.37. The molecule has 3 fully saturated rings. The molecule has 1 N–H and O–H groups in total. The van der Waals surface area contributed by atoms with Crippen molar-refractivity contribution in [1.29, 1.82) is 0 Å². The molecule has 0 radical (unpaired) electrons. The fourth-order valence-corrected chi connectivity index (χ4v) is 11.0. The van der Waals surface area contributed by atoms with E-state index in [1.807, 2.05) is 11.1 Å². The van der Waals surface area contributed by atoms with Gasteiger partial charge >= 0.3 is 0 Å². The Morgan fingerprint density at radius 2 is 1.48 bits per heavy atom. The van der Waals surface area contributed by atoms with E-state index in [2.05, 4.69) is 55.4 Å². The molecule has 3 saturated carbocycles. The zero-order valence-corrected chi connectivity index (χ0v) is 21.9. The Morgan fingerprint density at radius 1 is 0.774 bits per heavy atom. The molecule has 0 saturated heterocycles. The number of aliphatic hydroxyl groups is 1. The minimum Gasteiger partial charge on any atom is -0.393 e. The minimum atomic E-state index is -0.127. The number of aliphatic hydroxyl groups excluding tert-OH is 1. The van der Waals surface area contributed by atoms with Crippen LogP contribution in [-0.4, -0.2) is 11.2 Å². The molecule has 1 nitrogen and oxygen atoms in total. The normalized spacial score (nSPS) is 53.6. The molecule has 0 heterocycles. The summed E-state index contributed by atoms with van der Waals surface area (Å²) >= 11 is 0. The molecule has 5 aliphatic carbocycles. The van der Waals surface area contributed by atoms with E-state index >= 15 is 0 Å². The Bertz CT molecular complexity index is 790. The molecular weight excluding hydrogens is 376 g/mol. The van der Waals surface area contributed by atoms with Crippen molar-refractivity contribution in [3.8, 4) is 0 Å². The van der Waals surface area contributed by atoms with Crippen LogP contribution in [0, 0.1) is 50.7 Å². The summed E-state index contributed by atoms with van der Waals surface area (Å²) in [7, 11) is 0.